The van der Waals surface area contributed by atoms with Gasteiger partial charge in [-0.05, 0) is 0 Å². The predicted octanol–water partition coefficient (Wildman–Crippen LogP) is -0.720. The zero-order valence-corrected chi connectivity index (χ0v) is 9.01. The molecule has 0 rings (SSSR count). The van der Waals surface area contributed by atoms with E-state index in [-0.39, 0.29) is 75.5 Å². The first-order valence-corrected chi connectivity index (χ1v) is 3.26. The zero-order valence-electron chi connectivity index (χ0n) is 9.01. The summed E-state index contributed by atoms with van der Waals surface area (Å²) in [5.74, 6) is 0. The quantitative estimate of drug-likeness (QED) is 0.227. The fourth-order valence-corrected chi connectivity index (χ4v) is 0. The molecule has 10 N–H and O–H groups in total. The van der Waals surface area contributed by atoms with Crippen molar-refractivity contribution >= 4 is 106 Å². The summed E-state index contributed by atoms with van der Waals surface area (Å²) in [4.78, 5) is 42.8. The minimum absolute atomic E-state index is 0. The van der Waals surface area contributed by atoms with Crippen LogP contribution in [0, 0.1) is 0 Å². The monoisotopic (exact) mass is 394 g/mol. The first-order valence-electron chi connectivity index (χ1n) is 3.26. The molecule has 0 aromatic carbocycles. The maximum absolute atomic E-state index is 8.56. The van der Waals surface area contributed by atoms with Gasteiger partial charge in [-0.25, -0.2) is 24.0 Å². The van der Waals surface area contributed by atoms with Gasteiger partial charge in [-0.2, -0.15) is 0 Å². The van der Waals surface area contributed by atoms with Gasteiger partial charge in [0.25, 0.3) is 0 Å². The third kappa shape index (κ3) is 4710. The van der Waals surface area contributed by atoms with Gasteiger partial charge in [0.15, 0.2) is 0 Å². The molecule has 0 fully saturated rings. The van der Waals surface area contributed by atoms with E-state index in [1.807, 2.05) is 0 Å². The van der Waals surface area contributed by atoms with E-state index in [2.05, 4.69) is 0 Å². The van der Waals surface area contributed by atoms with Crippen LogP contribution in [0.1, 0.15) is 0 Å². The molecular weight excluding hydrogens is 380 g/mol. The van der Waals surface area contributed by atoms with Gasteiger partial charge in [-0.15, -0.1) is 0 Å². The first kappa shape index (κ1) is 42.8. The summed E-state index contributed by atoms with van der Waals surface area (Å²) in [5.41, 5.74) is 0. The second-order valence-electron chi connectivity index (χ2n) is 1.41. The summed E-state index contributed by atoms with van der Waals surface area (Å²) >= 11 is 0. The number of hydrogen-bond donors (Lipinski definition) is 10. The molecule has 0 aliphatic carbocycles. The van der Waals surface area contributed by atoms with Gasteiger partial charge < -0.3 is 51.1 Å². The van der Waals surface area contributed by atoms with Gasteiger partial charge in [-0.3, -0.25) is 0 Å². The van der Waals surface area contributed by atoms with Crippen LogP contribution in [-0.4, -0.2) is 157 Å². The molecule has 0 aromatic rings. The fraction of sp³-hybridized carbons (Fsp3) is 0. The summed E-state index contributed by atoms with van der Waals surface area (Å²) in [6, 6.07) is 0. The Kier molecular flexibility index (Phi) is 71.6. The molecule has 15 nitrogen and oxygen atoms in total. The van der Waals surface area contributed by atoms with Crippen molar-refractivity contribution in [1.82, 2.24) is 0 Å². The third-order valence-corrected chi connectivity index (χ3v) is 0. The van der Waals surface area contributed by atoms with E-state index in [9.17, 15) is 0 Å². The topological polar surface area (TPSA) is 288 Å². The molecule has 128 valence electrons. The Bertz CT molecular complexity index is 211. The first-order chi connectivity index (χ1) is 8.66. The Morgan fingerprint density at radius 3 is 0.318 bits per heavy atom. The van der Waals surface area contributed by atoms with E-state index >= 15 is 0 Å². The molecule has 0 aliphatic rings. The second kappa shape index (κ2) is 36.8. The van der Waals surface area contributed by atoms with Gasteiger partial charge in [-0.1, -0.05) is 0 Å². The number of hydrogen-bond acceptors (Lipinski definition) is 5. The standard InChI is InChI=1S/5CH2O3.2Ca.4H/c5*2-1(3)4;;;;;;/h5*(H2,2,3,4);;;;;;. The average molecular weight is 394 g/mol. The minimum atomic E-state index is -1.83. The van der Waals surface area contributed by atoms with Crippen LogP contribution in [0.15, 0.2) is 0 Å². The van der Waals surface area contributed by atoms with Crippen LogP contribution in [0.4, 0.5) is 24.0 Å². The average Bonchev–Trinajstić information content (AvgIpc) is 1.94. The van der Waals surface area contributed by atoms with E-state index in [1.165, 1.54) is 0 Å². The number of carboxylic acid groups (broad SMARTS) is 10. The molecule has 22 heavy (non-hydrogen) atoms. The van der Waals surface area contributed by atoms with Crippen LogP contribution in [0.25, 0.3) is 0 Å². The zero-order chi connectivity index (χ0) is 17.9. The van der Waals surface area contributed by atoms with Crippen molar-refractivity contribution in [1.29, 1.82) is 0 Å². The third-order valence-electron chi connectivity index (χ3n) is 0. The SMILES string of the molecule is O=C(O)O.O=C(O)O.O=C(O)O.O=C(O)O.O=C(O)O.[CaH2].[CaH2]. The van der Waals surface area contributed by atoms with Gasteiger partial charge >= 0.3 is 106 Å². The van der Waals surface area contributed by atoms with Crippen LogP contribution in [0.2, 0.25) is 0 Å². The maximum atomic E-state index is 8.56. The fourth-order valence-electron chi connectivity index (χ4n) is 0. The predicted molar refractivity (Wildman–Crippen MR) is 70.4 cm³/mol. The van der Waals surface area contributed by atoms with Crippen LogP contribution < -0.4 is 0 Å². The van der Waals surface area contributed by atoms with E-state index < -0.39 is 30.8 Å². The summed E-state index contributed by atoms with van der Waals surface area (Å²) in [5, 5.41) is 69.7. The summed E-state index contributed by atoms with van der Waals surface area (Å²) < 4.78 is 0. The normalized spacial score (nSPS) is 5.45. The molecule has 0 amide bonds. The molecule has 0 saturated heterocycles. The Hall–Kier alpha value is -1.13. The van der Waals surface area contributed by atoms with Crippen LogP contribution in [0.3, 0.4) is 0 Å². The van der Waals surface area contributed by atoms with E-state index in [0.29, 0.717) is 0 Å². The van der Waals surface area contributed by atoms with Crippen LogP contribution >= 0.6 is 0 Å². The number of carbonyl (C=O) groups is 5. The second-order valence-corrected chi connectivity index (χ2v) is 1.41. The van der Waals surface area contributed by atoms with Crippen molar-refractivity contribution in [3.05, 3.63) is 0 Å². The Labute approximate surface area is 179 Å². The van der Waals surface area contributed by atoms with Crippen molar-refractivity contribution in [2.24, 2.45) is 0 Å². The van der Waals surface area contributed by atoms with Gasteiger partial charge in [0.05, 0.1) is 0 Å². The molecule has 0 bridgehead atoms. The summed E-state index contributed by atoms with van der Waals surface area (Å²) in [7, 11) is 0. The molecule has 0 radical (unpaired) electrons. The van der Waals surface area contributed by atoms with Gasteiger partial charge in [0.2, 0.25) is 0 Å². The summed E-state index contributed by atoms with van der Waals surface area (Å²) in [6.45, 7) is 0. The van der Waals surface area contributed by atoms with Crippen molar-refractivity contribution in [2.75, 3.05) is 0 Å². The molecular formula is C5H14Ca2O15. The van der Waals surface area contributed by atoms with E-state index in [1.54, 1.807) is 0 Å². The van der Waals surface area contributed by atoms with Crippen molar-refractivity contribution in [3.63, 3.8) is 0 Å². The Balaban J connectivity index is -0.0000000250. The molecule has 0 aliphatic heterocycles. The Morgan fingerprint density at radius 2 is 0.318 bits per heavy atom. The summed E-state index contributed by atoms with van der Waals surface area (Å²) in [6.07, 6.45) is -9.17. The molecule has 17 heteroatoms. The number of rotatable bonds is 0. The molecule has 0 spiro atoms. The Morgan fingerprint density at radius 1 is 0.318 bits per heavy atom. The van der Waals surface area contributed by atoms with Crippen molar-refractivity contribution in [2.45, 2.75) is 0 Å². The molecule has 0 heterocycles. The van der Waals surface area contributed by atoms with E-state index in [4.69, 9.17) is 75.0 Å². The molecule has 0 unspecified atom stereocenters. The van der Waals surface area contributed by atoms with Crippen LogP contribution in [0.5, 0.6) is 0 Å². The van der Waals surface area contributed by atoms with Gasteiger partial charge in [0.1, 0.15) is 0 Å². The molecule has 0 saturated carbocycles. The van der Waals surface area contributed by atoms with Crippen molar-refractivity contribution in [3.8, 4) is 0 Å². The molecule has 0 aromatic heterocycles. The molecule has 0 atom stereocenters. The van der Waals surface area contributed by atoms with Crippen molar-refractivity contribution < 1.29 is 75.0 Å². The van der Waals surface area contributed by atoms with Gasteiger partial charge in [0, 0.05) is 0 Å². The van der Waals surface area contributed by atoms with E-state index in [0.717, 1.165) is 0 Å². The van der Waals surface area contributed by atoms with Crippen LogP contribution in [-0.2, 0) is 0 Å².